The van der Waals surface area contributed by atoms with Gasteiger partial charge in [0.15, 0.2) is 11.5 Å². The fourth-order valence-corrected chi connectivity index (χ4v) is 3.46. The highest BCUT2D eigenvalue weighted by Crippen LogP contribution is 2.31. The number of nitriles is 1. The van der Waals surface area contributed by atoms with E-state index in [9.17, 15) is 10.1 Å². The maximum absolute atomic E-state index is 12.7. The van der Waals surface area contributed by atoms with Gasteiger partial charge in [0.05, 0.1) is 27.4 Å². The summed E-state index contributed by atoms with van der Waals surface area (Å²) in [4.78, 5) is 12.7. The zero-order chi connectivity index (χ0) is 25.2. The Morgan fingerprint density at radius 3 is 2.31 bits per heavy atom. The number of rotatable bonds is 10. The van der Waals surface area contributed by atoms with E-state index in [4.69, 9.17) is 18.9 Å². The number of ether oxygens (including phenoxy) is 4. The number of nitrogens with zero attached hydrogens (tertiary/aromatic N) is 1. The van der Waals surface area contributed by atoms with E-state index in [1.54, 1.807) is 32.4 Å². The molecule has 3 aromatic rings. The largest absolute Gasteiger partial charge is 0.497 e. The smallest absolute Gasteiger partial charge is 0.262 e. The van der Waals surface area contributed by atoms with Crippen LogP contribution in [0, 0.1) is 11.3 Å². The maximum Gasteiger partial charge on any atom is 0.262 e. The third-order valence-electron chi connectivity index (χ3n) is 5.38. The van der Waals surface area contributed by atoms with Crippen LogP contribution in [0.3, 0.4) is 0 Å². The number of benzene rings is 3. The second-order valence-corrected chi connectivity index (χ2v) is 7.65. The van der Waals surface area contributed by atoms with Crippen LogP contribution in [0.4, 0.5) is 0 Å². The number of amides is 1. The molecule has 0 aliphatic rings. The van der Waals surface area contributed by atoms with Crippen LogP contribution in [0.15, 0.2) is 72.3 Å². The zero-order valence-electron chi connectivity index (χ0n) is 20.2. The van der Waals surface area contributed by atoms with Crippen LogP contribution in [0.1, 0.15) is 29.7 Å². The molecule has 1 N–H and O–H groups in total. The number of carbonyl (C=O) groups is 1. The average Bonchev–Trinajstić information content (AvgIpc) is 2.90. The van der Waals surface area contributed by atoms with Crippen LogP contribution in [0.2, 0.25) is 0 Å². The summed E-state index contributed by atoms with van der Waals surface area (Å²) in [5, 5.41) is 12.4. The van der Waals surface area contributed by atoms with Gasteiger partial charge in [-0.25, -0.2) is 0 Å². The molecule has 1 amide bonds. The molecule has 0 bridgehead atoms. The van der Waals surface area contributed by atoms with Crippen molar-refractivity contribution in [2.24, 2.45) is 0 Å². The monoisotopic (exact) mass is 472 g/mol. The van der Waals surface area contributed by atoms with Gasteiger partial charge in [-0.3, -0.25) is 4.79 Å². The van der Waals surface area contributed by atoms with Gasteiger partial charge in [-0.1, -0.05) is 36.4 Å². The van der Waals surface area contributed by atoms with E-state index in [1.165, 1.54) is 13.2 Å². The summed E-state index contributed by atoms with van der Waals surface area (Å²) in [6, 6.07) is 22.0. The van der Waals surface area contributed by atoms with Gasteiger partial charge < -0.3 is 24.3 Å². The summed E-state index contributed by atoms with van der Waals surface area (Å²) in [7, 11) is 4.72. The fraction of sp³-hybridized carbons (Fsp3) is 0.214. The molecule has 35 heavy (non-hydrogen) atoms. The Labute approximate surface area is 205 Å². The third kappa shape index (κ3) is 6.55. The summed E-state index contributed by atoms with van der Waals surface area (Å²) < 4.78 is 22.1. The van der Waals surface area contributed by atoms with Crippen molar-refractivity contribution in [2.75, 3.05) is 21.3 Å². The lowest BCUT2D eigenvalue weighted by molar-refractivity contribution is -0.117. The van der Waals surface area contributed by atoms with Gasteiger partial charge in [0.1, 0.15) is 29.7 Å². The van der Waals surface area contributed by atoms with E-state index < -0.39 is 5.91 Å². The molecule has 0 saturated carbocycles. The molecule has 0 aromatic heterocycles. The Morgan fingerprint density at radius 2 is 1.66 bits per heavy atom. The molecule has 0 aliphatic heterocycles. The molecule has 0 aliphatic carbocycles. The standard InChI is InChI=1S/C28H28N2O5/c1-19(21-8-6-5-7-9-21)30-28(31)22(17-29)14-20-10-12-26(27(15-20)34-4)35-18-23-16-24(32-2)11-13-25(23)33-3/h5-16,19H,18H2,1-4H3,(H,30,31)/b22-14+/t19-/m1/s1. The van der Waals surface area contributed by atoms with Gasteiger partial charge in [-0.2, -0.15) is 5.26 Å². The van der Waals surface area contributed by atoms with Gasteiger partial charge in [0.25, 0.3) is 5.91 Å². The lowest BCUT2D eigenvalue weighted by atomic mass is 10.1. The first kappa shape index (κ1) is 25.2. The highest BCUT2D eigenvalue weighted by atomic mass is 16.5. The van der Waals surface area contributed by atoms with E-state index in [0.29, 0.717) is 28.6 Å². The minimum Gasteiger partial charge on any atom is -0.497 e. The van der Waals surface area contributed by atoms with Crippen LogP contribution in [0.25, 0.3) is 6.08 Å². The van der Waals surface area contributed by atoms with Crippen LogP contribution in [-0.2, 0) is 11.4 Å². The molecule has 3 rings (SSSR count). The zero-order valence-corrected chi connectivity index (χ0v) is 20.2. The molecule has 180 valence electrons. The Bertz CT molecular complexity index is 1230. The van der Waals surface area contributed by atoms with E-state index in [0.717, 1.165) is 11.1 Å². The molecule has 7 nitrogen and oxygen atoms in total. The first-order chi connectivity index (χ1) is 17.0. The van der Waals surface area contributed by atoms with Crippen molar-refractivity contribution in [3.8, 4) is 29.1 Å². The lowest BCUT2D eigenvalue weighted by Crippen LogP contribution is -2.27. The van der Waals surface area contributed by atoms with Crippen LogP contribution in [0.5, 0.6) is 23.0 Å². The SMILES string of the molecule is COc1ccc(OC)c(COc2ccc(/C=C(\C#N)C(=O)N[C@H](C)c3ccccc3)cc2OC)c1. The number of methoxy groups -OCH3 is 3. The second-order valence-electron chi connectivity index (χ2n) is 7.65. The van der Waals surface area contributed by atoms with Crippen molar-refractivity contribution in [3.05, 3.63) is 89.0 Å². The first-order valence-corrected chi connectivity index (χ1v) is 11.0. The highest BCUT2D eigenvalue weighted by molar-refractivity contribution is 6.01. The van der Waals surface area contributed by atoms with Crippen LogP contribution in [-0.4, -0.2) is 27.2 Å². The summed E-state index contributed by atoms with van der Waals surface area (Å²) in [5.41, 5.74) is 2.39. The number of hydrogen-bond donors (Lipinski definition) is 1. The van der Waals surface area contributed by atoms with Gasteiger partial charge in [-0.05, 0) is 54.5 Å². The molecule has 0 heterocycles. The van der Waals surface area contributed by atoms with Crippen molar-refractivity contribution >= 4 is 12.0 Å². The number of hydrogen-bond acceptors (Lipinski definition) is 6. The normalized spacial score (nSPS) is 11.7. The van der Waals surface area contributed by atoms with Crippen molar-refractivity contribution in [1.29, 1.82) is 5.26 Å². The Morgan fingerprint density at radius 1 is 0.943 bits per heavy atom. The minimum atomic E-state index is -0.451. The minimum absolute atomic E-state index is 0.00961. The highest BCUT2D eigenvalue weighted by Gasteiger charge is 2.15. The summed E-state index contributed by atoms with van der Waals surface area (Å²) >= 11 is 0. The molecule has 0 unspecified atom stereocenters. The summed E-state index contributed by atoms with van der Waals surface area (Å²) in [5.74, 6) is 1.90. The van der Waals surface area contributed by atoms with E-state index in [1.807, 2.05) is 61.5 Å². The molecule has 1 atom stereocenters. The van der Waals surface area contributed by atoms with Crippen LogP contribution >= 0.6 is 0 Å². The quantitative estimate of drug-likeness (QED) is 0.327. The number of carbonyl (C=O) groups excluding carboxylic acids is 1. The molecule has 0 saturated heterocycles. The van der Waals surface area contributed by atoms with Crippen molar-refractivity contribution in [3.63, 3.8) is 0 Å². The predicted molar refractivity (Wildman–Crippen MR) is 133 cm³/mol. The fourth-order valence-electron chi connectivity index (χ4n) is 3.46. The second kappa shape index (κ2) is 12.1. The van der Waals surface area contributed by atoms with Crippen molar-refractivity contribution in [1.82, 2.24) is 5.32 Å². The molecule has 3 aromatic carbocycles. The predicted octanol–water partition coefficient (Wildman–Crippen LogP) is 5.08. The lowest BCUT2D eigenvalue weighted by Gasteiger charge is -2.15. The molecule has 7 heteroatoms. The average molecular weight is 473 g/mol. The van der Waals surface area contributed by atoms with E-state index in [-0.39, 0.29) is 18.2 Å². The Kier molecular flexibility index (Phi) is 8.74. The Hall–Kier alpha value is -4.44. The molecule has 0 spiro atoms. The summed E-state index contributed by atoms with van der Waals surface area (Å²) in [6.45, 7) is 2.10. The molecular formula is C28H28N2O5. The van der Waals surface area contributed by atoms with Crippen molar-refractivity contribution in [2.45, 2.75) is 19.6 Å². The summed E-state index contributed by atoms with van der Waals surface area (Å²) in [6.07, 6.45) is 1.52. The topological polar surface area (TPSA) is 89.8 Å². The van der Waals surface area contributed by atoms with Gasteiger partial charge >= 0.3 is 0 Å². The first-order valence-electron chi connectivity index (χ1n) is 11.0. The van der Waals surface area contributed by atoms with Crippen LogP contribution < -0.4 is 24.3 Å². The Balaban J connectivity index is 1.75. The van der Waals surface area contributed by atoms with Crippen molar-refractivity contribution < 1.29 is 23.7 Å². The van der Waals surface area contributed by atoms with Gasteiger partial charge in [-0.15, -0.1) is 0 Å². The molecular weight excluding hydrogens is 444 g/mol. The van der Waals surface area contributed by atoms with Gasteiger partial charge in [0.2, 0.25) is 0 Å². The van der Waals surface area contributed by atoms with E-state index >= 15 is 0 Å². The molecule has 0 radical (unpaired) electrons. The third-order valence-corrected chi connectivity index (χ3v) is 5.38. The van der Waals surface area contributed by atoms with Gasteiger partial charge in [0, 0.05) is 5.56 Å². The number of nitrogens with one attached hydrogen (secondary N) is 1. The maximum atomic E-state index is 12.7. The van der Waals surface area contributed by atoms with E-state index in [2.05, 4.69) is 5.32 Å². The molecule has 0 fully saturated rings.